The SMILES string of the molecule is COC(=O)c1ccc([C@H](C)NC(=O)C2(NCCOc3ccccc3)CCN(CC3CC3)CC2)cc1. The molecule has 2 aliphatic rings. The number of ether oxygens (including phenoxy) is 2. The van der Waals surface area contributed by atoms with Crippen molar-refractivity contribution in [2.75, 3.05) is 39.9 Å². The number of methoxy groups -OCH3 is 1. The molecule has 1 saturated carbocycles. The zero-order valence-corrected chi connectivity index (χ0v) is 20.8. The zero-order chi connectivity index (χ0) is 24.7. The van der Waals surface area contributed by atoms with Crippen molar-refractivity contribution in [3.8, 4) is 5.75 Å². The van der Waals surface area contributed by atoms with Gasteiger partial charge in [-0.05, 0) is 68.4 Å². The third kappa shape index (κ3) is 6.83. The average Bonchev–Trinajstić information content (AvgIpc) is 3.72. The van der Waals surface area contributed by atoms with Crippen LogP contribution in [0.25, 0.3) is 0 Å². The molecule has 7 nitrogen and oxygen atoms in total. The van der Waals surface area contributed by atoms with Crippen LogP contribution in [-0.2, 0) is 9.53 Å². The fourth-order valence-electron chi connectivity index (χ4n) is 4.69. The van der Waals surface area contributed by atoms with Crippen LogP contribution in [0.15, 0.2) is 54.6 Å². The summed E-state index contributed by atoms with van der Waals surface area (Å²) in [7, 11) is 1.37. The summed E-state index contributed by atoms with van der Waals surface area (Å²) in [6.45, 7) is 6.04. The number of hydrogen-bond acceptors (Lipinski definition) is 6. The summed E-state index contributed by atoms with van der Waals surface area (Å²) in [5.74, 6) is 1.33. The Morgan fingerprint density at radius 1 is 1.06 bits per heavy atom. The van der Waals surface area contributed by atoms with E-state index in [-0.39, 0.29) is 17.9 Å². The number of nitrogens with one attached hydrogen (secondary N) is 2. The summed E-state index contributed by atoms with van der Waals surface area (Å²) in [4.78, 5) is 27.8. The van der Waals surface area contributed by atoms with Crippen LogP contribution < -0.4 is 15.4 Å². The fraction of sp³-hybridized carbons (Fsp3) is 0.500. The van der Waals surface area contributed by atoms with Crippen LogP contribution in [0.3, 0.4) is 0 Å². The number of benzene rings is 2. The monoisotopic (exact) mass is 479 g/mol. The third-order valence-corrected chi connectivity index (χ3v) is 7.11. The molecule has 7 heteroatoms. The summed E-state index contributed by atoms with van der Waals surface area (Å²) >= 11 is 0. The minimum atomic E-state index is -0.625. The van der Waals surface area contributed by atoms with Gasteiger partial charge in [-0.15, -0.1) is 0 Å². The predicted octanol–water partition coefficient (Wildman–Crippen LogP) is 3.56. The average molecular weight is 480 g/mol. The molecular weight excluding hydrogens is 442 g/mol. The van der Waals surface area contributed by atoms with Crippen LogP contribution in [0.1, 0.15) is 54.6 Å². The van der Waals surface area contributed by atoms with Crippen LogP contribution in [0.2, 0.25) is 0 Å². The molecule has 0 radical (unpaired) electrons. The molecule has 1 amide bonds. The number of hydrogen-bond donors (Lipinski definition) is 2. The first-order valence-electron chi connectivity index (χ1n) is 12.6. The molecule has 188 valence electrons. The largest absolute Gasteiger partial charge is 0.492 e. The van der Waals surface area contributed by atoms with E-state index in [2.05, 4.69) is 15.5 Å². The van der Waals surface area contributed by atoms with E-state index in [1.807, 2.05) is 49.4 Å². The molecule has 2 aromatic rings. The van der Waals surface area contributed by atoms with E-state index in [1.54, 1.807) is 12.1 Å². The molecule has 1 atom stereocenters. The molecule has 2 aromatic carbocycles. The summed E-state index contributed by atoms with van der Waals surface area (Å²) in [5, 5.41) is 6.78. The number of esters is 1. The van der Waals surface area contributed by atoms with Crippen LogP contribution in [0, 0.1) is 5.92 Å². The maximum Gasteiger partial charge on any atom is 0.337 e. The summed E-state index contributed by atoms with van der Waals surface area (Å²) in [6, 6.07) is 16.7. The normalized spacial score (nSPS) is 18.5. The van der Waals surface area contributed by atoms with Gasteiger partial charge in [0.25, 0.3) is 0 Å². The van der Waals surface area contributed by atoms with E-state index in [1.165, 1.54) is 20.0 Å². The predicted molar refractivity (Wildman–Crippen MR) is 135 cm³/mol. The molecular formula is C28H37N3O4. The highest BCUT2D eigenvalue weighted by molar-refractivity contribution is 5.89. The van der Waals surface area contributed by atoms with Crippen molar-refractivity contribution >= 4 is 11.9 Å². The van der Waals surface area contributed by atoms with E-state index in [0.29, 0.717) is 18.7 Å². The van der Waals surface area contributed by atoms with E-state index in [0.717, 1.165) is 49.7 Å². The second kappa shape index (κ2) is 11.7. The van der Waals surface area contributed by atoms with Gasteiger partial charge in [0.1, 0.15) is 17.9 Å². The number of rotatable bonds is 11. The van der Waals surface area contributed by atoms with Gasteiger partial charge in [-0.3, -0.25) is 10.1 Å². The van der Waals surface area contributed by atoms with Gasteiger partial charge >= 0.3 is 5.97 Å². The van der Waals surface area contributed by atoms with Gasteiger partial charge in [0.15, 0.2) is 0 Å². The Balaban J connectivity index is 1.37. The van der Waals surface area contributed by atoms with Crippen LogP contribution in [0.4, 0.5) is 0 Å². The second-order valence-corrected chi connectivity index (χ2v) is 9.72. The highest BCUT2D eigenvalue weighted by Gasteiger charge is 2.42. The molecule has 0 aromatic heterocycles. The van der Waals surface area contributed by atoms with Crippen molar-refractivity contribution < 1.29 is 19.1 Å². The number of nitrogens with zero attached hydrogens (tertiary/aromatic N) is 1. The number of carbonyl (C=O) groups excluding carboxylic acids is 2. The fourth-order valence-corrected chi connectivity index (χ4v) is 4.69. The van der Waals surface area contributed by atoms with Crippen molar-refractivity contribution in [2.24, 2.45) is 5.92 Å². The molecule has 1 heterocycles. The Bertz CT molecular complexity index is 967. The first-order valence-corrected chi connectivity index (χ1v) is 12.6. The highest BCUT2D eigenvalue weighted by Crippen LogP contribution is 2.32. The lowest BCUT2D eigenvalue weighted by molar-refractivity contribution is -0.130. The molecule has 1 aliphatic carbocycles. The van der Waals surface area contributed by atoms with Crippen molar-refractivity contribution in [3.05, 3.63) is 65.7 Å². The Morgan fingerprint density at radius 2 is 1.74 bits per heavy atom. The lowest BCUT2D eigenvalue weighted by Crippen LogP contribution is -2.62. The number of para-hydroxylation sites is 1. The number of amides is 1. The minimum Gasteiger partial charge on any atom is -0.492 e. The van der Waals surface area contributed by atoms with Gasteiger partial charge in [0, 0.05) is 26.2 Å². The summed E-state index contributed by atoms with van der Waals surface area (Å²) in [6.07, 6.45) is 4.21. The van der Waals surface area contributed by atoms with Crippen LogP contribution in [-0.4, -0.2) is 62.2 Å². The molecule has 0 spiro atoms. The first-order chi connectivity index (χ1) is 17.0. The standard InChI is InChI=1S/C28H37N3O4/c1-21(23-10-12-24(13-11-23)26(32)34-2)30-27(33)28(14-17-31(18-15-28)20-22-8-9-22)29-16-19-35-25-6-4-3-5-7-25/h3-7,10-13,21-22,29H,8-9,14-20H2,1-2H3,(H,30,33)/t21-/m0/s1. The maximum atomic E-state index is 13.6. The van der Waals surface area contributed by atoms with E-state index >= 15 is 0 Å². The lowest BCUT2D eigenvalue weighted by atomic mass is 9.85. The molecule has 4 rings (SSSR count). The van der Waals surface area contributed by atoms with Gasteiger partial charge < -0.3 is 19.7 Å². The second-order valence-electron chi connectivity index (χ2n) is 9.72. The zero-order valence-electron chi connectivity index (χ0n) is 20.8. The molecule has 0 bridgehead atoms. The first kappa shape index (κ1) is 25.2. The van der Waals surface area contributed by atoms with Crippen molar-refractivity contribution in [1.29, 1.82) is 0 Å². The highest BCUT2D eigenvalue weighted by atomic mass is 16.5. The number of likely N-dealkylation sites (tertiary alicyclic amines) is 1. The molecule has 0 unspecified atom stereocenters. The number of piperidine rings is 1. The van der Waals surface area contributed by atoms with Gasteiger partial charge in [0.05, 0.1) is 18.7 Å². The maximum absolute atomic E-state index is 13.6. The van der Waals surface area contributed by atoms with Crippen LogP contribution in [0.5, 0.6) is 5.75 Å². The van der Waals surface area contributed by atoms with Gasteiger partial charge in [-0.1, -0.05) is 30.3 Å². The van der Waals surface area contributed by atoms with Crippen molar-refractivity contribution in [1.82, 2.24) is 15.5 Å². The van der Waals surface area contributed by atoms with E-state index in [9.17, 15) is 9.59 Å². The third-order valence-electron chi connectivity index (χ3n) is 7.11. The van der Waals surface area contributed by atoms with Gasteiger partial charge in [-0.25, -0.2) is 4.79 Å². The van der Waals surface area contributed by atoms with Crippen molar-refractivity contribution in [2.45, 2.75) is 44.2 Å². The van der Waals surface area contributed by atoms with E-state index < -0.39 is 5.54 Å². The van der Waals surface area contributed by atoms with Crippen molar-refractivity contribution in [3.63, 3.8) is 0 Å². The minimum absolute atomic E-state index is 0.0211. The molecule has 1 aliphatic heterocycles. The Morgan fingerprint density at radius 3 is 2.37 bits per heavy atom. The quantitative estimate of drug-likeness (QED) is 0.379. The van der Waals surface area contributed by atoms with Gasteiger partial charge in [0.2, 0.25) is 5.91 Å². The van der Waals surface area contributed by atoms with E-state index in [4.69, 9.17) is 9.47 Å². The Hall–Kier alpha value is -2.90. The van der Waals surface area contributed by atoms with Gasteiger partial charge in [-0.2, -0.15) is 0 Å². The smallest absolute Gasteiger partial charge is 0.337 e. The molecule has 1 saturated heterocycles. The Kier molecular flexibility index (Phi) is 8.42. The molecule has 2 fully saturated rings. The number of carbonyl (C=O) groups is 2. The summed E-state index contributed by atoms with van der Waals surface area (Å²) in [5.41, 5.74) is 0.814. The lowest BCUT2D eigenvalue weighted by Gasteiger charge is -2.42. The summed E-state index contributed by atoms with van der Waals surface area (Å²) < 4.78 is 10.6. The van der Waals surface area contributed by atoms with Crippen LogP contribution >= 0.6 is 0 Å². The molecule has 35 heavy (non-hydrogen) atoms. The Labute approximate surface area is 208 Å². The topological polar surface area (TPSA) is 79.9 Å². The molecule has 2 N–H and O–H groups in total.